The minimum Gasteiger partial charge on any atom is -0.496 e. The lowest BCUT2D eigenvalue weighted by Gasteiger charge is -2.11. The Balaban J connectivity index is 2.00. The molecule has 1 heterocycles. The Morgan fingerprint density at radius 3 is 2.83 bits per heavy atom. The molecule has 124 valence electrons. The Kier molecular flexibility index (Phi) is 6.40. The molecule has 0 atom stereocenters. The van der Waals surface area contributed by atoms with Crippen molar-refractivity contribution >= 4 is 21.9 Å². The van der Waals surface area contributed by atoms with Gasteiger partial charge in [-0.05, 0) is 40.5 Å². The first-order valence-corrected chi connectivity index (χ1v) is 8.10. The normalized spacial score (nSPS) is 11.4. The van der Waals surface area contributed by atoms with Crippen molar-refractivity contribution in [2.75, 3.05) is 13.7 Å². The molecule has 0 fully saturated rings. The lowest BCUT2D eigenvalue weighted by atomic mass is 10.2. The summed E-state index contributed by atoms with van der Waals surface area (Å²) in [4.78, 5) is 8.77. The van der Waals surface area contributed by atoms with Crippen LogP contribution in [0.15, 0.2) is 34.0 Å². The molecule has 0 bridgehead atoms. The minimum atomic E-state index is 0.564. The van der Waals surface area contributed by atoms with E-state index in [-0.39, 0.29) is 0 Å². The highest BCUT2D eigenvalue weighted by Gasteiger charge is 2.04. The van der Waals surface area contributed by atoms with E-state index in [0.717, 1.165) is 34.1 Å². The molecule has 2 rings (SSSR count). The van der Waals surface area contributed by atoms with Gasteiger partial charge in [-0.2, -0.15) is 5.10 Å². The molecular formula is C15H21BrN6O. The van der Waals surface area contributed by atoms with Gasteiger partial charge in [-0.1, -0.05) is 6.07 Å². The zero-order chi connectivity index (χ0) is 16.7. The molecule has 8 heteroatoms. The number of ether oxygens (including phenoxy) is 1. The number of hydrogen-bond acceptors (Lipinski definition) is 4. The Labute approximate surface area is 144 Å². The molecule has 0 unspecified atom stereocenters. The second-order valence-corrected chi connectivity index (χ2v) is 5.67. The van der Waals surface area contributed by atoms with Crippen molar-refractivity contribution < 1.29 is 4.74 Å². The third kappa shape index (κ3) is 4.95. The Morgan fingerprint density at radius 1 is 1.39 bits per heavy atom. The van der Waals surface area contributed by atoms with Crippen LogP contribution < -0.4 is 15.4 Å². The summed E-state index contributed by atoms with van der Waals surface area (Å²) in [5.74, 6) is 2.40. The van der Waals surface area contributed by atoms with Gasteiger partial charge in [-0.15, -0.1) is 0 Å². The molecule has 7 nitrogen and oxygen atoms in total. The van der Waals surface area contributed by atoms with Crippen molar-refractivity contribution in [2.24, 2.45) is 12.0 Å². The van der Waals surface area contributed by atoms with Crippen LogP contribution in [0, 0.1) is 0 Å². The zero-order valence-electron chi connectivity index (χ0n) is 13.5. The van der Waals surface area contributed by atoms with Crippen LogP contribution >= 0.6 is 15.9 Å². The van der Waals surface area contributed by atoms with Gasteiger partial charge in [-0.3, -0.25) is 4.68 Å². The smallest absolute Gasteiger partial charge is 0.191 e. The van der Waals surface area contributed by atoms with Gasteiger partial charge >= 0.3 is 0 Å². The lowest BCUT2D eigenvalue weighted by molar-refractivity contribution is 0.412. The fourth-order valence-electron chi connectivity index (χ4n) is 1.96. The number of aromatic nitrogens is 3. The number of nitrogens with one attached hydrogen (secondary N) is 2. The predicted octanol–water partition coefficient (Wildman–Crippen LogP) is 1.84. The number of rotatable bonds is 6. The van der Waals surface area contributed by atoms with Crippen molar-refractivity contribution in [1.29, 1.82) is 0 Å². The molecule has 0 amide bonds. The van der Waals surface area contributed by atoms with Crippen LogP contribution in [0.4, 0.5) is 0 Å². The van der Waals surface area contributed by atoms with E-state index in [2.05, 4.69) is 41.6 Å². The number of hydrogen-bond donors (Lipinski definition) is 2. The number of aliphatic imine (C=N–C) groups is 1. The van der Waals surface area contributed by atoms with Crippen LogP contribution in [-0.2, 0) is 20.1 Å². The molecule has 0 aliphatic rings. The van der Waals surface area contributed by atoms with Crippen LogP contribution in [0.1, 0.15) is 18.3 Å². The predicted molar refractivity (Wildman–Crippen MR) is 93.4 cm³/mol. The summed E-state index contributed by atoms with van der Waals surface area (Å²) in [6.07, 6.45) is 1.54. The van der Waals surface area contributed by atoms with Gasteiger partial charge in [0.15, 0.2) is 5.96 Å². The maximum Gasteiger partial charge on any atom is 0.191 e. The number of nitrogens with zero attached hydrogens (tertiary/aromatic N) is 4. The number of benzene rings is 1. The molecule has 1 aromatic heterocycles. The van der Waals surface area contributed by atoms with E-state index in [1.807, 2.05) is 32.2 Å². The van der Waals surface area contributed by atoms with Crippen LogP contribution in [0.2, 0.25) is 0 Å². The highest BCUT2D eigenvalue weighted by molar-refractivity contribution is 9.10. The average molecular weight is 381 g/mol. The third-order valence-electron chi connectivity index (χ3n) is 3.20. The van der Waals surface area contributed by atoms with E-state index in [1.54, 1.807) is 11.8 Å². The van der Waals surface area contributed by atoms with E-state index < -0.39 is 0 Å². The average Bonchev–Trinajstić information content (AvgIpc) is 2.95. The van der Waals surface area contributed by atoms with Crippen molar-refractivity contribution in [3.63, 3.8) is 0 Å². The summed E-state index contributed by atoms with van der Waals surface area (Å²) in [7, 11) is 3.51. The Hall–Kier alpha value is -2.09. The second kappa shape index (κ2) is 8.52. The van der Waals surface area contributed by atoms with E-state index in [0.29, 0.717) is 13.1 Å². The molecule has 2 N–H and O–H groups in total. The van der Waals surface area contributed by atoms with Crippen LogP contribution in [-0.4, -0.2) is 34.4 Å². The largest absolute Gasteiger partial charge is 0.496 e. The maximum absolute atomic E-state index is 5.23. The van der Waals surface area contributed by atoms with Gasteiger partial charge in [0.1, 0.15) is 17.9 Å². The first-order valence-electron chi connectivity index (χ1n) is 7.31. The molecule has 0 saturated carbocycles. The van der Waals surface area contributed by atoms with Crippen LogP contribution in [0.5, 0.6) is 5.75 Å². The van der Waals surface area contributed by atoms with Gasteiger partial charge in [0.05, 0.1) is 24.7 Å². The summed E-state index contributed by atoms with van der Waals surface area (Å²) in [5, 5.41) is 10.5. The van der Waals surface area contributed by atoms with E-state index in [9.17, 15) is 0 Å². The first-order chi connectivity index (χ1) is 11.1. The zero-order valence-corrected chi connectivity index (χ0v) is 15.1. The SMILES string of the molecule is CCNC(=NCc1ccc(OC)c(Br)c1)NCc1ncnn1C. The third-order valence-corrected chi connectivity index (χ3v) is 3.82. The van der Waals surface area contributed by atoms with Gasteiger partial charge in [0, 0.05) is 13.6 Å². The maximum atomic E-state index is 5.23. The highest BCUT2D eigenvalue weighted by Crippen LogP contribution is 2.25. The van der Waals surface area contributed by atoms with Gasteiger partial charge in [-0.25, -0.2) is 9.98 Å². The number of halogens is 1. The minimum absolute atomic E-state index is 0.564. The molecule has 0 aliphatic heterocycles. The Bertz CT molecular complexity index is 670. The summed E-state index contributed by atoms with van der Waals surface area (Å²) < 4.78 is 7.89. The van der Waals surface area contributed by atoms with Gasteiger partial charge in [0.2, 0.25) is 0 Å². The molecule has 23 heavy (non-hydrogen) atoms. The monoisotopic (exact) mass is 380 g/mol. The summed E-state index contributed by atoms with van der Waals surface area (Å²) in [6, 6.07) is 5.93. The number of aryl methyl sites for hydroxylation is 1. The fourth-order valence-corrected chi connectivity index (χ4v) is 2.55. The van der Waals surface area contributed by atoms with Gasteiger partial charge in [0.25, 0.3) is 0 Å². The van der Waals surface area contributed by atoms with Crippen molar-refractivity contribution in [3.05, 3.63) is 40.4 Å². The van der Waals surface area contributed by atoms with Crippen molar-refractivity contribution in [2.45, 2.75) is 20.0 Å². The number of guanidine groups is 1. The fraction of sp³-hybridized carbons (Fsp3) is 0.400. The van der Waals surface area contributed by atoms with E-state index in [4.69, 9.17) is 4.74 Å². The quantitative estimate of drug-likeness (QED) is 0.590. The first kappa shape index (κ1) is 17.3. The molecule has 1 aromatic carbocycles. The van der Waals surface area contributed by atoms with Crippen molar-refractivity contribution in [3.8, 4) is 5.75 Å². The highest BCUT2D eigenvalue weighted by atomic mass is 79.9. The summed E-state index contributed by atoms with van der Waals surface area (Å²) >= 11 is 3.49. The number of methoxy groups -OCH3 is 1. The van der Waals surface area contributed by atoms with Gasteiger partial charge < -0.3 is 15.4 Å². The summed E-state index contributed by atoms with van der Waals surface area (Å²) in [6.45, 7) is 3.95. The molecule has 0 radical (unpaired) electrons. The topological polar surface area (TPSA) is 76.4 Å². The van der Waals surface area contributed by atoms with E-state index >= 15 is 0 Å². The lowest BCUT2D eigenvalue weighted by Crippen LogP contribution is -2.37. The molecule has 0 saturated heterocycles. The molecule has 2 aromatic rings. The standard InChI is InChI=1S/C15H21BrN6O/c1-4-17-15(19-9-14-20-10-21-22(14)2)18-8-11-5-6-13(23-3)12(16)7-11/h5-7,10H,4,8-9H2,1-3H3,(H2,17,18,19). The van der Waals surface area contributed by atoms with Crippen LogP contribution in [0.25, 0.3) is 0 Å². The molecule has 0 spiro atoms. The molecule has 0 aliphatic carbocycles. The second-order valence-electron chi connectivity index (χ2n) is 4.82. The van der Waals surface area contributed by atoms with Crippen LogP contribution in [0.3, 0.4) is 0 Å². The summed E-state index contributed by atoms with van der Waals surface area (Å²) in [5.41, 5.74) is 1.09. The molecular weight excluding hydrogens is 360 g/mol. The van der Waals surface area contributed by atoms with E-state index in [1.165, 1.54) is 6.33 Å². The van der Waals surface area contributed by atoms with Crippen molar-refractivity contribution in [1.82, 2.24) is 25.4 Å². The Morgan fingerprint density at radius 2 is 2.22 bits per heavy atom.